The molecule has 58 valence electrons. The first kappa shape index (κ1) is 7.33. The molecule has 0 fully saturated rings. The monoisotopic (exact) mass is 154 g/mol. The van der Waals surface area contributed by atoms with Crippen LogP contribution in [0.5, 0.6) is 0 Å². The van der Waals surface area contributed by atoms with E-state index in [0.717, 1.165) is 0 Å². The fourth-order valence-corrected chi connectivity index (χ4v) is 0.401. The van der Waals surface area contributed by atoms with Crippen LogP contribution in [0.3, 0.4) is 0 Å². The molecule has 0 aliphatic heterocycles. The fraction of sp³-hybridized carbons (Fsp3) is 0. The van der Waals surface area contributed by atoms with Crippen molar-refractivity contribution in [1.82, 2.24) is 9.97 Å². The first-order valence-corrected chi connectivity index (χ1v) is 2.86. The molecule has 11 heavy (non-hydrogen) atoms. The van der Waals surface area contributed by atoms with Crippen LogP contribution in [0.2, 0.25) is 0 Å². The zero-order chi connectivity index (χ0) is 7.94. The van der Waals surface area contributed by atoms with Gasteiger partial charge in [-0.15, -0.1) is 0 Å². The van der Waals surface area contributed by atoms with Gasteiger partial charge in [0.1, 0.15) is 6.26 Å². The van der Waals surface area contributed by atoms with Gasteiger partial charge in [-0.05, 0) is 0 Å². The van der Waals surface area contributed by atoms with E-state index < -0.39 is 5.63 Å². The molecule has 0 unspecified atom stereocenters. The number of rotatable bonds is 0. The Kier molecular flexibility index (Phi) is 2.73. The highest BCUT2D eigenvalue weighted by atomic mass is 17.0. The zero-order valence-corrected chi connectivity index (χ0v) is 5.56. The Labute approximate surface area is 61.6 Å². The van der Waals surface area contributed by atoms with Crippen molar-refractivity contribution in [2.75, 3.05) is 0 Å². The lowest BCUT2D eigenvalue weighted by Gasteiger charge is -1.51. The van der Waals surface area contributed by atoms with Crippen LogP contribution < -0.4 is 5.63 Å². The van der Waals surface area contributed by atoms with Crippen molar-refractivity contribution in [3.05, 3.63) is 41.5 Å². The summed E-state index contributed by atoms with van der Waals surface area (Å²) in [6.45, 7) is 0. The quantitative estimate of drug-likeness (QED) is 0.565. The molecule has 2 rings (SSSR count). The summed E-state index contributed by atoms with van der Waals surface area (Å²) >= 11 is 0. The first-order valence-electron chi connectivity index (χ1n) is 2.86. The summed E-state index contributed by atoms with van der Waals surface area (Å²) in [5.74, 6) is 0. The van der Waals surface area contributed by atoms with Gasteiger partial charge in [-0.3, -0.25) is 4.58 Å². The minimum Gasteiger partial charge on any atom is -0.351 e. The molecule has 1 N–H and O–H groups in total. The van der Waals surface area contributed by atoms with Gasteiger partial charge < -0.3 is 4.98 Å². The van der Waals surface area contributed by atoms with Gasteiger partial charge in [-0.1, -0.05) is 0 Å². The summed E-state index contributed by atoms with van der Waals surface area (Å²) in [7, 11) is 0. The Morgan fingerprint density at radius 3 is 2.64 bits per heavy atom. The smallest absolute Gasteiger partial charge is 0.351 e. The van der Waals surface area contributed by atoms with Crippen LogP contribution in [0.15, 0.2) is 45.0 Å². The molecule has 2 aromatic heterocycles. The molecule has 2 heterocycles. The van der Waals surface area contributed by atoms with Gasteiger partial charge >= 0.3 is 5.63 Å². The van der Waals surface area contributed by atoms with Gasteiger partial charge in [0.05, 0.1) is 12.4 Å². The molecule has 0 saturated heterocycles. The Hall–Kier alpha value is -1.78. The van der Waals surface area contributed by atoms with Gasteiger partial charge in [0, 0.05) is 12.4 Å². The van der Waals surface area contributed by atoms with Crippen molar-refractivity contribution in [3.8, 4) is 0 Å². The molecule has 0 aromatic carbocycles. The van der Waals surface area contributed by atoms with Crippen molar-refractivity contribution >= 4 is 0 Å². The van der Waals surface area contributed by atoms with Gasteiger partial charge in [0.2, 0.25) is 0 Å². The van der Waals surface area contributed by atoms with Gasteiger partial charge in [-0.2, -0.15) is 0 Å². The van der Waals surface area contributed by atoms with E-state index in [0.29, 0.717) is 0 Å². The van der Waals surface area contributed by atoms with Crippen LogP contribution in [-0.2, 0) is 0 Å². The Bertz CT molecular complexity index is 274. The third-order valence-electron chi connectivity index (χ3n) is 0.796. The summed E-state index contributed by atoms with van der Waals surface area (Å²) in [6, 6.07) is 1.19. The molecule has 0 saturated carbocycles. The maximum absolute atomic E-state index is 9.81. The maximum Gasteiger partial charge on any atom is 0.382 e. The molecule has 5 nitrogen and oxygen atoms in total. The van der Waals surface area contributed by atoms with Crippen LogP contribution >= 0.6 is 0 Å². The second-order valence-corrected chi connectivity index (χ2v) is 1.56. The van der Waals surface area contributed by atoms with E-state index in [1.54, 1.807) is 18.7 Å². The SMILES string of the molecule is O=c1ccoo1.c1c[nH]cn1. The normalized spacial score (nSPS) is 8.36. The number of hydrogen-bond acceptors (Lipinski definition) is 4. The third kappa shape index (κ3) is 3.04. The minimum atomic E-state index is -0.449. The fourth-order valence-electron chi connectivity index (χ4n) is 0.401. The standard InChI is InChI=1S/C3H4N2.C3H2O3/c1-2-5-3-4-1;4-3-1-2-5-6-3/h1-3H,(H,4,5);1-2H. The largest absolute Gasteiger partial charge is 0.382 e. The summed E-state index contributed by atoms with van der Waals surface area (Å²) in [6.07, 6.45) is 6.27. The molecule has 0 spiro atoms. The van der Waals surface area contributed by atoms with Gasteiger partial charge in [-0.25, -0.2) is 14.4 Å². The lowest BCUT2D eigenvalue weighted by atomic mass is 10.8. The van der Waals surface area contributed by atoms with E-state index in [2.05, 4.69) is 19.1 Å². The number of nitrogens with one attached hydrogen (secondary N) is 1. The van der Waals surface area contributed by atoms with Crippen LogP contribution in [0.1, 0.15) is 0 Å². The first-order chi connectivity index (χ1) is 5.39. The number of hydrogen-bond donors (Lipinski definition) is 1. The summed E-state index contributed by atoms with van der Waals surface area (Å²) in [5.41, 5.74) is -0.449. The van der Waals surface area contributed by atoms with Gasteiger partial charge in [0.15, 0.2) is 0 Å². The average Bonchev–Trinajstić information content (AvgIpc) is 2.57. The molecule has 5 heteroatoms. The second kappa shape index (κ2) is 4.10. The highest BCUT2D eigenvalue weighted by molar-refractivity contribution is 4.67. The van der Waals surface area contributed by atoms with Crippen LogP contribution in [-0.4, -0.2) is 9.97 Å². The minimum absolute atomic E-state index is 0.449. The van der Waals surface area contributed by atoms with Crippen molar-refractivity contribution < 1.29 is 9.15 Å². The highest BCUT2D eigenvalue weighted by Gasteiger charge is 1.77. The van der Waals surface area contributed by atoms with Crippen LogP contribution in [0, 0.1) is 0 Å². The molecule has 0 aliphatic carbocycles. The van der Waals surface area contributed by atoms with E-state index >= 15 is 0 Å². The molecule has 0 atom stereocenters. The highest BCUT2D eigenvalue weighted by Crippen LogP contribution is 1.70. The zero-order valence-electron chi connectivity index (χ0n) is 5.56. The predicted molar refractivity (Wildman–Crippen MR) is 35.8 cm³/mol. The third-order valence-corrected chi connectivity index (χ3v) is 0.796. The molecule has 0 amide bonds. The van der Waals surface area contributed by atoms with Crippen LogP contribution in [0.25, 0.3) is 0 Å². The number of imidazole rings is 1. The summed E-state index contributed by atoms with van der Waals surface area (Å²) in [5, 5.41) is 0. The van der Waals surface area contributed by atoms with E-state index in [4.69, 9.17) is 0 Å². The van der Waals surface area contributed by atoms with E-state index in [-0.39, 0.29) is 0 Å². The van der Waals surface area contributed by atoms with Crippen molar-refractivity contribution in [2.24, 2.45) is 0 Å². The second-order valence-electron chi connectivity index (χ2n) is 1.56. The summed E-state index contributed by atoms with van der Waals surface area (Å²) in [4.78, 5) is 16.2. The molecular formula is C6H6N2O3. The lowest BCUT2D eigenvalue weighted by Crippen LogP contribution is -1.83. The average molecular weight is 154 g/mol. The number of aromatic nitrogens is 2. The van der Waals surface area contributed by atoms with Crippen molar-refractivity contribution in [1.29, 1.82) is 0 Å². The Morgan fingerprint density at radius 1 is 1.55 bits per heavy atom. The molecule has 0 aliphatic rings. The van der Waals surface area contributed by atoms with E-state index in [9.17, 15) is 4.79 Å². The number of aromatic amines is 1. The topological polar surface area (TPSA) is 72.0 Å². The Balaban J connectivity index is 0.000000112. The number of nitrogens with zero attached hydrogens (tertiary/aromatic N) is 1. The lowest BCUT2D eigenvalue weighted by molar-refractivity contribution is 0.0488. The van der Waals surface area contributed by atoms with Gasteiger partial charge in [0.25, 0.3) is 0 Å². The maximum atomic E-state index is 9.81. The molecular weight excluding hydrogens is 148 g/mol. The molecule has 0 bridgehead atoms. The van der Waals surface area contributed by atoms with E-state index in [1.807, 2.05) is 0 Å². The van der Waals surface area contributed by atoms with Crippen molar-refractivity contribution in [2.45, 2.75) is 0 Å². The summed E-state index contributed by atoms with van der Waals surface area (Å²) < 4.78 is 7.93. The Morgan fingerprint density at radius 2 is 2.45 bits per heavy atom. The predicted octanol–water partition coefficient (Wildman–Crippen LogP) is 0.642. The van der Waals surface area contributed by atoms with E-state index in [1.165, 1.54) is 12.3 Å². The number of H-pyrrole nitrogens is 1. The van der Waals surface area contributed by atoms with Crippen molar-refractivity contribution in [3.63, 3.8) is 0 Å². The molecule has 2 aromatic rings. The molecule has 0 radical (unpaired) electrons. The van der Waals surface area contributed by atoms with Crippen LogP contribution in [0.4, 0.5) is 0 Å².